The molecule has 0 bridgehead atoms. The molecule has 37 heavy (non-hydrogen) atoms. The van der Waals surface area contributed by atoms with Gasteiger partial charge in [0, 0.05) is 19.0 Å². The molecule has 1 fully saturated rings. The molecule has 2 atom stereocenters. The zero-order valence-corrected chi connectivity index (χ0v) is 20.9. The Hall–Kier alpha value is -3.79. The molecule has 0 aromatic heterocycles. The minimum atomic E-state index is -1.38. The van der Waals surface area contributed by atoms with Crippen molar-refractivity contribution in [3.8, 4) is 11.5 Å². The molecule has 9 nitrogen and oxygen atoms in total. The molecule has 11 heteroatoms. The van der Waals surface area contributed by atoms with Crippen molar-refractivity contribution in [1.82, 2.24) is 10.2 Å². The summed E-state index contributed by atoms with van der Waals surface area (Å²) in [4.78, 5) is 27.2. The lowest BCUT2D eigenvalue weighted by Gasteiger charge is -2.45. The lowest BCUT2D eigenvalue weighted by molar-refractivity contribution is -0.134. The predicted molar refractivity (Wildman–Crippen MR) is 135 cm³/mol. The fourth-order valence-electron chi connectivity index (χ4n) is 5.06. The molecule has 3 aliphatic heterocycles. The Bertz CT molecular complexity index is 1300. The first-order valence-electron chi connectivity index (χ1n) is 12.0. The van der Waals surface area contributed by atoms with E-state index in [1.165, 1.54) is 23.2 Å². The SMILES string of the molecule is CCC(N/C=C(\C=N)C(=O)N1CCC[C@@]2(C1)OC(=O)Nc1ccc(Cl)c(F)c12)c1ccc2c(c1)OCO2. The van der Waals surface area contributed by atoms with Crippen molar-refractivity contribution in [1.29, 1.82) is 5.41 Å². The van der Waals surface area contributed by atoms with Gasteiger partial charge in [-0.05, 0) is 49.1 Å². The van der Waals surface area contributed by atoms with Crippen molar-refractivity contribution in [3.63, 3.8) is 0 Å². The van der Waals surface area contributed by atoms with Crippen LogP contribution in [0.25, 0.3) is 0 Å². The monoisotopic (exact) mass is 528 g/mol. The van der Waals surface area contributed by atoms with Gasteiger partial charge < -0.3 is 29.8 Å². The Morgan fingerprint density at radius 1 is 1.32 bits per heavy atom. The second-order valence-corrected chi connectivity index (χ2v) is 9.51. The zero-order valence-electron chi connectivity index (χ0n) is 20.1. The molecular weight excluding hydrogens is 503 g/mol. The number of piperidine rings is 1. The number of likely N-dealkylation sites (tertiary alicyclic amines) is 1. The Morgan fingerprint density at radius 3 is 2.92 bits per heavy atom. The summed E-state index contributed by atoms with van der Waals surface area (Å²) < 4.78 is 31.6. The Balaban J connectivity index is 1.37. The first-order valence-corrected chi connectivity index (χ1v) is 12.4. The summed E-state index contributed by atoms with van der Waals surface area (Å²) in [6.45, 7) is 2.49. The van der Waals surface area contributed by atoms with Crippen molar-refractivity contribution in [2.24, 2.45) is 0 Å². The van der Waals surface area contributed by atoms with Crippen molar-refractivity contribution < 1.29 is 28.2 Å². The van der Waals surface area contributed by atoms with Gasteiger partial charge in [-0.1, -0.05) is 24.6 Å². The fourth-order valence-corrected chi connectivity index (χ4v) is 5.22. The minimum absolute atomic E-state index is 0.0614. The molecule has 194 valence electrons. The Labute approximate surface area is 218 Å². The average molecular weight is 529 g/mol. The highest BCUT2D eigenvalue weighted by Gasteiger charge is 2.48. The van der Waals surface area contributed by atoms with Gasteiger partial charge in [0.25, 0.3) is 5.91 Å². The van der Waals surface area contributed by atoms with Crippen molar-refractivity contribution in [2.75, 3.05) is 25.2 Å². The van der Waals surface area contributed by atoms with Crippen molar-refractivity contribution >= 4 is 35.5 Å². The number of benzene rings is 2. The summed E-state index contributed by atoms with van der Waals surface area (Å²) in [7, 11) is 0. The summed E-state index contributed by atoms with van der Waals surface area (Å²) in [6.07, 6.45) is 3.28. The van der Waals surface area contributed by atoms with Crippen LogP contribution in [0.5, 0.6) is 11.5 Å². The maximum Gasteiger partial charge on any atom is 0.412 e. The summed E-state index contributed by atoms with van der Waals surface area (Å²) >= 11 is 6.04. The third-order valence-electron chi connectivity index (χ3n) is 6.87. The van der Waals surface area contributed by atoms with Crippen LogP contribution in [-0.4, -0.2) is 43.0 Å². The topological polar surface area (TPSA) is 113 Å². The van der Waals surface area contributed by atoms with E-state index in [1.807, 2.05) is 25.1 Å². The summed E-state index contributed by atoms with van der Waals surface area (Å²) in [5, 5.41) is 13.5. The van der Waals surface area contributed by atoms with E-state index in [-0.39, 0.29) is 41.2 Å². The molecule has 3 heterocycles. The van der Waals surface area contributed by atoms with Gasteiger partial charge in [-0.3, -0.25) is 10.1 Å². The van der Waals surface area contributed by atoms with E-state index in [1.54, 1.807) is 0 Å². The first kappa shape index (κ1) is 24.9. The lowest BCUT2D eigenvalue weighted by Crippen LogP contribution is -2.54. The number of carbonyl (C=O) groups excluding carboxylic acids is 2. The van der Waals surface area contributed by atoms with Crippen LogP contribution in [0.1, 0.15) is 43.4 Å². The van der Waals surface area contributed by atoms with E-state index in [9.17, 15) is 9.59 Å². The number of hydrogen-bond donors (Lipinski definition) is 3. The largest absolute Gasteiger partial charge is 0.454 e. The molecule has 3 aliphatic rings. The number of nitrogens with one attached hydrogen (secondary N) is 3. The van der Waals surface area contributed by atoms with E-state index < -0.39 is 23.4 Å². The van der Waals surface area contributed by atoms with E-state index in [4.69, 9.17) is 31.2 Å². The highest BCUT2D eigenvalue weighted by molar-refractivity contribution is 6.31. The van der Waals surface area contributed by atoms with E-state index in [2.05, 4.69) is 10.6 Å². The van der Waals surface area contributed by atoms with Gasteiger partial charge >= 0.3 is 6.09 Å². The molecule has 5 rings (SSSR count). The van der Waals surface area contributed by atoms with Gasteiger partial charge in [0.05, 0.1) is 34.4 Å². The maximum absolute atomic E-state index is 15.1. The highest BCUT2D eigenvalue weighted by atomic mass is 35.5. The summed E-state index contributed by atoms with van der Waals surface area (Å²) in [6, 6.07) is 8.40. The average Bonchev–Trinajstić information content (AvgIpc) is 3.36. The third-order valence-corrected chi connectivity index (χ3v) is 7.16. The maximum atomic E-state index is 15.1. The third kappa shape index (κ3) is 4.57. The minimum Gasteiger partial charge on any atom is -0.454 e. The number of hydrogen-bond acceptors (Lipinski definition) is 7. The highest BCUT2D eigenvalue weighted by Crippen LogP contribution is 2.45. The van der Waals surface area contributed by atoms with Crippen LogP contribution in [-0.2, 0) is 15.1 Å². The Kier molecular flexibility index (Phi) is 6.68. The van der Waals surface area contributed by atoms with Crippen LogP contribution >= 0.6 is 11.6 Å². The van der Waals surface area contributed by atoms with E-state index >= 15 is 4.39 Å². The van der Waals surface area contributed by atoms with Gasteiger partial charge in [0.2, 0.25) is 6.79 Å². The van der Waals surface area contributed by atoms with Gasteiger partial charge in [0.1, 0.15) is 0 Å². The summed E-state index contributed by atoms with van der Waals surface area (Å²) in [5.41, 5.74) is 0.0843. The predicted octanol–water partition coefficient (Wildman–Crippen LogP) is 4.86. The van der Waals surface area contributed by atoms with Crippen LogP contribution in [0.2, 0.25) is 5.02 Å². The molecule has 3 N–H and O–H groups in total. The number of carbonyl (C=O) groups is 2. The number of nitrogens with zero attached hydrogens (tertiary/aromatic N) is 1. The van der Waals surface area contributed by atoms with Crippen molar-refractivity contribution in [2.45, 2.75) is 37.8 Å². The number of anilines is 1. The second kappa shape index (κ2) is 9.93. The van der Waals surface area contributed by atoms with Gasteiger partial charge in [0.15, 0.2) is 22.9 Å². The van der Waals surface area contributed by atoms with Crippen LogP contribution in [0.4, 0.5) is 14.9 Å². The number of halogens is 2. The van der Waals surface area contributed by atoms with Crippen molar-refractivity contribution in [3.05, 3.63) is 64.1 Å². The lowest BCUT2D eigenvalue weighted by atomic mass is 9.83. The summed E-state index contributed by atoms with van der Waals surface area (Å²) in [5.74, 6) is 0.224. The van der Waals surface area contributed by atoms with Gasteiger partial charge in [-0.2, -0.15) is 0 Å². The normalized spacial score (nSPS) is 21.1. The van der Waals surface area contributed by atoms with E-state index in [0.717, 1.165) is 11.8 Å². The van der Waals surface area contributed by atoms with Crippen LogP contribution in [0, 0.1) is 11.2 Å². The quantitative estimate of drug-likeness (QED) is 0.364. The molecule has 2 aromatic rings. The van der Waals surface area contributed by atoms with Gasteiger partial charge in [-0.15, -0.1) is 0 Å². The fraction of sp³-hybridized carbons (Fsp3) is 0.346. The standard InChI is InChI=1S/C26H26ClFN4O5/c1-2-18(15-4-7-20-21(10-15)36-14-35-20)30-12-16(11-29)24(33)32-9-3-8-26(13-32)22-19(31-25(34)37-26)6-5-17(27)23(22)28/h4-7,10-12,18,29-30H,2-3,8-9,13-14H2,1H3,(H,31,34)/b16-12+,29-11?/t18?,26-/m0/s1. The molecule has 1 saturated heterocycles. The molecule has 0 aliphatic carbocycles. The van der Waals surface area contributed by atoms with Gasteiger partial charge in [-0.25, -0.2) is 9.18 Å². The molecule has 2 aromatic carbocycles. The molecule has 2 amide bonds. The smallest absolute Gasteiger partial charge is 0.412 e. The molecule has 1 spiro atoms. The number of amides is 2. The zero-order chi connectivity index (χ0) is 26.2. The van der Waals surface area contributed by atoms with E-state index in [0.29, 0.717) is 37.3 Å². The van der Waals surface area contributed by atoms with Crippen LogP contribution in [0.3, 0.4) is 0 Å². The van der Waals surface area contributed by atoms with Crippen LogP contribution < -0.4 is 20.1 Å². The number of ether oxygens (including phenoxy) is 3. The molecular formula is C26H26ClFN4O5. The second-order valence-electron chi connectivity index (χ2n) is 9.11. The molecule has 0 radical (unpaired) electrons. The molecule has 0 saturated carbocycles. The Morgan fingerprint density at radius 2 is 2.14 bits per heavy atom. The first-order chi connectivity index (χ1) is 17.8. The molecule has 1 unspecified atom stereocenters. The van der Waals surface area contributed by atoms with Crippen LogP contribution in [0.15, 0.2) is 42.1 Å². The number of rotatable bonds is 6. The number of fused-ring (bicyclic) bond motifs is 3.